The van der Waals surface area contributed by atoms with Crippen LogP contribution in [0.25, 0.3) is 0 Å². The molecule has 0 saturated heterocycles. The smallest absolute Gasteiger partial charge is 0.309 e. The monoisotopic (exact) mass is 170 g/mol. The van der Waals surface area contributed by atoms with E-state index in [1.165, 1.54) is 0 Å². The van der Waals surface area contributed by atoms with E-state index in [1.807, 2.05) is 27.7 Å². The summed E-state index contributed by atoms with van der Waals surface area (Å²) in [6.45, 7) is 11.9. The Balaban J connectivity index is 4.09. The largest absolute Gasteiger partial charge is 0.466 e. The maximum absolute atomic E-state index is 11.2. The van der Waals surface area contributed by atoms with E-state index in [4.69, 9.17) is 4.74 Å². The Morgan fingerprint density at radius 3 is 2.25 bits per heavy atom. The summed E-state index contributed by atoms with van der Waals surface area (Å²) in [7, 11) is 0. The lowest BCUT2D eigenvalue weighted by Gasteiger charge is -2.17. The average Bonchev–Trinajstić information content (AvgIpc) is 2.02. The molecule has 0 N–H and O–H groups in total. The molecular weight excluding hydrogens is 152 g/mol. The van der Waals surface area contributed by atoms with Crippen LogP contribution >= 0.6 is 0 Å². The van der Waals surface area contributed by atoms with Crippen molar-refractivity contribution >= 4 is 5.97 Å². The van der Waals surface area contributed by atoms with Gasteiger partial charge in [-0.1, -0.05) is 26.0 Å². The van der Waals surface area contributed by atoms with Crippen LogP contribution in [0.2, 0.25) is 0 Å². The highest BCUT2D eigenvalue weighted by Gasteiger charge is 2.21. The molecule has 12 heavy (non-hydrogen) atoms. The van der Waals surface area contributed by atoms with E-state index in [2.05, 4.69) is 6.58 Å². The third kappa shape index (κ3) is 3.07. The van der Waals surface area contributed by atoms with Gasteiger partial charge in [-0.25, -0.2) is 0 Å². The lowest BCUT2D eigenvalue weighted by molar-refractivity contribution is -0.148. The second-order valence-corrected chi connectivity index (χ2v) is 3.18. The molecule has 2 nitrogen and oxygen atoms in total. The van der Waals surface area contributed by atoms with Crippen LogP contribution in [0.1, 0.15) is 27.7 Å². The summed E-state index contributed by atoms with van der Waals surface area (Å²) in [5.74, 6) is -0.0144. The molecule has 0 rings (SSSR count). The van der Waals surface area contributed by atoms with Crippen molar-refractivity contribution in [3.8, 4) is 0 Å². The number of esters is 1. The number of carbonyl (C=O) groups is 1. The summed E-state index contributed by atoms with van der Waals surface area (Å²) in [6.07, 6.45) is 0. The van der Waals surface area contributed by atoms with Crippen LogP contribution in [0.15, 0.2) is 12.2 Å². The molecule has 2 unspecified atom stereocenters. The zero-order chi connectivity index (χ0) is 9.72. The standard InChI is InChI=1S/C10H18O2/c1-6-12-10(11)9(5)8(4)7(2)3/h8-9H,2,6H2,1,3-5H3. The molecule has 0 heterocycles. The summed E-state index contributed by atoms with van der Waals surface area (Å²) in [4.78, 5) is 11.2. The number of carbonyl (C=O) groups excluding carboxylic acids is 1. The molecule has 0 bridgehead atoms. The molecular formula is C10H18O2. The normalized spacial score (nSPS) is 15.0. The minimum atomic E-state index is -0.131. The van der Waals surface area contributed by atoms with E-state index in [1.54, 1.807) is 0 Å². The Labute approximate surface area is 74.6 Å². The molecule has 0 spiro atoms. The molecule has 0 aliphatic carbocycles. The first kappa shape index (κ1) is 11.2. The second-order valence-electron chi connectivity index (χ2n) is 3.18. The van der Waals surface area contributed by atoms with Crippen LogP contribution in [0.5, 0.6) is 0 Å². The van der Waals surface area contributed by atoms with Crippen molar-refractivity contribution in [3.63, 3.8) is 0 Å². The Morgan fingerprint density at radius 1 is 1.42 bits per heavy atom. The van der Waals surface area contributed by atoms with Gasteiger partial charge in [0.05, 0.1) is 12.5 Å². The molecule has 0 aliphatic heterocycles. The number of allylic oxidation sites excluding steroid dienone is 1. The first-order valence-corrected chi connectivity index (χ1v) is 4.32. The summed E-state index contributed by atoms with van der Waals surface area (Å²) in [5, 5.41) is 0. The highest BCUT2D eigenvalue weighted by atomic mass is 16.5. The van der Waals surface area contributed by atoms with Crippen molar-refractivity contribution in [3.05, 3.63) is 12.2 Å². The minimum Gasteiger partial charge on any atom is -0.466 e. The first-order valence-electron chi connectivity index (χ1n) is 4.32. The number of ether oxygens (including phenoxy) is 1. The van der Waals surface area contributed by atoms with E-state index < -0.39 is 0 Å². The van der Waals surface area contributed by atoms with E-state index in [0.29, 0.717) is 6.61 Å². The van der Waals surface area contributed by atoms with Crippen molar-refractivity contribution in [2.24, 2.45) is 11.8 Å². The molecule has 0 radical (unpaired) electrons. The minimum absolute atomic E-state index is 0.0811. The highest BCUT2D eigenvalue weighted by Crippen LogP contribution is 2.19. The quantitative estimate of drug-likeness (QED) is 0.478. The van der Waals surface area contributed by atoms with Gasteiger partial charge in [0.15, 0.2) is 0 Å². The Kier molecular flexibility index (Phi) is 4.64. The lowest BCUT2D eigenvalue weighted by Crippen LogP contribution is -2.21. The topological polar surface area (TPSA) is 26.3 Å². The van der Waals surface area contributed by atoms with Crippen molar-refractivity contribution in [2.45, 2.75) is 27.7 Å². The van der Waals surface area contributed by atoms with Crippen LogP contribution in [0.4, 0.5) is 0 Å². The van der Waals surface area contributed by atoms with Crippen molar-refractivity contribution in [1.82, 2.24) is 0 Å². The summed E-state index contributed by atoms with van der Waals surface area (Å²) >= 11 is 0. The van der Waals surface area contributed by atoms with Crippen LogP contribution in [0.3, 0.4) is 0 Å². The number of hydrogen-bond acceptors (Lipinski definition) is 2. The summed E-state index contributed by atoms with van der Waals surface area (Å²) in [6, 6.07) is 0. The van der Waals surface area contributed by atoms with Gasteiger partial charge in [-0.3, -0.25) is 4.79 Å². The van der Waals surface area contributed by atoms with E-state index in [9.17, 15) is 4.79 Å². The molecule has 70 valence electrons. The third-order valence-electron chi connectivity index (χ3n) is 2.19. The van der Waals surface area contributed by atoms with Gasteiger partial charge >= 0.3 is 5.97 Å². The number of hydrogen-bond donors (Lipinski definition) is 0. The van der Waals surface area contributed by atoms with Crippen LogP contribution in [-0.2, 0) is 9.53 Å². The molecule has 2 atom stereocenters. The number of rotatable bonds is 4. The maximum Gasteiger partial charge on any atom is 0.309 e. The van der Waals surface area contributed by atoms with Gasteiger partial charge < -0.3 is 4.74 Å². The second kappa shape index (κ2) is 4.96. The summed E-state index contributed by atoms with van der Waals surface area (Å²) in [5.41, 5.74) is 1.02. The van der Waals surface area contributed by atoms with Gasteiger partial charge in [0.2, 0.25) is 0 Å². The molecule has 0 aromatic carbocycles. The van der Waals surface area contributed by atoms with Gasteiger partial charge in [-0.2, -0.15) is 0 Å². The highest BCUT2D eigenvalue weighted by molar-refractivity contribution is 5.72. The van der Waals surface area contributed by atoms with E-state index >= 15 is 0 Å². The maximum atomic E-state index is 11.2. The SMILES string of the molecule is C=C(C)C(C)C(C)C(=O)OCC. The van der Waals surface area contributed by atoms with Gasteiger partial charge in [-0.15, -0.1) is 0 Å². The third-order valence-corrected chi connectivity index (χ3v) is 2.19. The zero-order valence-corrected chi connectivity index (χ0v) is 8.39. The van der Waals surface area contributed by atoms with Gasteiger partial charge in [0.1, 0.15) is 0 Å². The van der Waals surface area contributed by atoms with Crippen LogP contribution in [0, 0.1) is 11.8 Å². The van der Waals surface area contributed by atoms with E-state index in [0.717, 1.165) is 5.57 Å². The van der Waals surface area contributed by atoms with Gasteiger partial charge in [0.25, 0.3) is 0 Å². The molecule has 0 fully saturated rings. The predicted molar refractivity (Wildman–Crippen MR) is 49.8 cm³/mol. The molecule has 2 heteroatoms. The van der Waals surface area contributed by atoms with Crippen molar-refractivity contribution < 1.29 is 9.53 Å². The predicted octanol–water partition coefficient (Wildman–Crippen LogP) is 2.40. The molecule has 0 aromatic heterocycles. The molecule has 0 saturated carbocycles. The first-order chi connectivity index (χ1) is 5.50. The zero-order valence-electron chi connectivity index (χ0n) is 8.39. The Bertz CT molecular complexity index is 173. The fourth-order valence-corrected chi connectivity index (χ4v) is 0.905. The fourth-order valence-electron chi connectivity index (χ4n) is 0.905. The Hall–Kier alpha value is -0.790. The van der Waals surface area contributed by atoms with Crippen molar-refractivity contribution in [2.75, 3.05) is 6.61 Å². The molecule has 0 aliphatic rings. The van der Waals surface area contributed by atoms with E-state index in [-0.39, 0.29) is 17.8 Å². The van der Waals surface area contributed by atoms with Gasteiger partial charge in [0, 0.05) is 0 Å². The van der Waals surface area contributed by atoms with Crippen molar-refractivity contribution in [1.29, 1.82) is 0 Å². The molecule has 0 amide bonds. The lowest BCUT2D eigenvalue weighted by atomic mass is 9.90. The van der Waals surface area contributed by atoms with Crippen LogP contribution in [-0.4, -0.2) is 12.6 Å². The van der Waals surface area contributed by atoms with Gasteiger partial charge in [-0.05, 0) is 19.8 Å². The fraction of sp³-hybridized carbons (Fsp3) is 0.700. The molecule has 0 aromatic rings. The van der Waals surface area contributed by atoms with Crippen LogP contribution < -0.4 is 0 Å². The summed E-state index contributed by atoms with van der Waals surface area (Å²) < 4.78 is 4.89. The average molecular weight is 170 g/mol. The Morgan fingerprint density at radius 2 is 1.92 bits per heavy atom.